The molecular weight excluding hydrogens is 266 g/mol. The predicted octanol–water partition coefficient (Wildman–Crippen LogP) is 2.17. The summed E-state index contributed by atoms with van der Waals surface area (Å²) in [4.78, 5) is 25.1. The first-order valence-electron chi connectivity index (χ1n) is 6.23. The second kappa shape index (κ2) is 5.86. The number of rotatable bonds is 2. The number of ether oxygens (including phenoxy) is 2. The summed E-state index contributed by atoms with van der Waals surface area (Å²) in [6.45, 7) is 7.25. The molecule has 0 saturated carbocycles. The maximum absolute atomic E-state index is 12.1. The van der Waals surface area contributed by atoms with Gasteiger partial charge in [0.1, 0.15) is 17.4 Å². The normalized spacial score (nSPS) is 23.1. The summed E-state index contributed by atoms with van der Waals surface area (Å²) in [5.41, 5.74) is -0.579. The van der Waals surface area contributed by atoms with Gasteiger partial charge in [-0.05, 0) is 46.3 Å². The first-order valence-corrected chi connectivity index (χ1v) is 6.64. The van der Waals surface area contributed by atoms with Gasteiger partial charge < -0.3 is 9.47 Å². The lowest BCUT2D eigenvalue weighted by atomic mass is 10.0. The molecule has 1 amide bonds. The van der Waals surface area contributed by atoms with Crippen molar-refractivity contribution in [3.05, 3.63) is 0 Å². The lowest BCUT2D eigenvalue weighted by Crippen LogP contribution is -2.43. The Morgan fingerprint density at radius 1 is 1.32 bits per heavy atom. The molecule has 108 valence electrons. The highest BCUT2D eigenvalue weighted by molar-refractivity contribution is 7.80. The predicted molar refractivity (Wildman–Crippen MR) is 75.1 cm³/mol. The zero-order valence-corrected chi connectivity index (χ0v) is 12.9. The Bertz CT molecular complexity index is 389. The van der Waals surface area contributed by atoms with E-state index in [2.05, 4.69) is 0 Å². The monoisotopic (exact) mass is 287 g/mol. The van der Waals surface area contributed by atoms with Gasteiger partial charge in [-0.15, -0.1) is 0 Å². The largest absolute Gasteiger partial charge is 0.488 e. The fourth-order valence-corrected chi connectivity index (χ4v) is 2.24. The summed E-state index contributed by atoms with van der Waals surface area (Å²) in [5, 5.41) is 0.314. The Morgan fingerprint density at radius 3 is 2.32 bits per heavy atom. The van der Waals surface area contributed by atoms with E-state index in [0.717, 1.165) is 0 Å². The number of Topliss-reactive ketones (excluding diaryl/α,β-unsaturated/α-hetero) is 1. The minimum atomic E-state index is -0.579. The van der Waals surface area contributed by atoms with Gasteiger partial charge in [0.15, 0.2) is 5.05 Å². The molecule has 1 fully saturated rings. The zero-order valence-electron chi connectivity index (χ0n) is 12.1. The molecule has 0 spiro atoms. The van der Waals surface area contributed by atoms with E-state index in [1.54, 1.807) is 20.8 Å². The summed E-state index contributed by atoms with van der Waals surface area (Å²) in [6.07, 6.45) is 0.0435. The maximum atomic E-state index is 12.1. The molecule has 5 nitrogen and oxygen atoms in total. The van der Waals surface area contributed by atoms with Crippen LogP contribution in [-0.4, -0.2) is 47.1 Å². The molecule has 0 radical (unpaired) electrons. The van der Waals surface area contributed by atoms with E-state index in [1.807, 2.05) is 0 Å². The molecule has 1 unspecified atom stereocenters. The average Bonchev–Trinajstić information content (AvgIpc) is 2.70. The minimum absolute atomic E-state index is 0.0509. The maximum Gasteiger partial charge on any atom is 0.410 e. The third kappa shape index (κ3) is 4.16. The third-order valence-electron chi connectivity index (χ3n) is 2.98. The van der Waals surface area contributed by atoms with Crippen LogP contribution in [0.4, 0.5) is 4.79 Å². The summed E-state index contributed by atoms with van der Waals surface area (Å²) in [7, 11) is 1.47. The highest BCUT2D eigenvalue weighted by Gasteiger charge is 2.41. The quantitative estimate of drug-likeness (QED) is 0.729. The van der Waals surface area contributed by atoms with Gasteiger partial charge in [-0.3, -0.25) is 9.69 Å². The number of thiocarbonyl (C=S) groups is 1. The summed E-state index contributed by atoms with van der Waals surface area (Å²) in [6, 6.07) is -0.372. The van der Waals surface area contributed by atoms with Gasteiger partial charge in [-0.1, -0.05) is 0 Å². The van der Waals surface area contributed by atoms with Crippen molar-refractivity contribution >= 4 is 29.1 Å². The van der Waals surface area contributed by atoms with Crippen LogP contribution in [0.25, 0.3) is 0 Å². The number of ketones is 1. The van der Waals surface area contributed by atoms with Crippen LogP contribution in [0.15, 0.2) is 0 Å². The Kier molecular flexibility index (Phi) is 4.90. The number of likely N-dealkylation sites (tertiary alicyclic amines) is 1. The molecule has 0 aromatic heterocycles. The molecule has 0 bridgehead atoms. The van der Waals surface area contributed by atoms with Crippen molar-refractivity contribution in [1.29, 1.82) is 0 Å². The number of hydrogen-bond donors (Lipinski definition) is 0. The second-order valence-corrected chi connectivity index (χ2v) is 6.12. The van der Waals surface area contributed by atoms with Gasteiger partial charge in [0.05, 0.1) is 7.11 Å². The van der Waals surface area contributed by atoms with E-state index in [-0.39, 0.29) is 17.7 Å². The molecule has 0 aliphatic carbocycles. The van der Waals surface area contributed by atoms with E-state index < -0.39 is 11.7 Å². The number of nitrogens with zero attached hydrogens (tertiary/aromatic N) is 1. The van der Waals surface area contributed by atoms with Gasteiger partial charge in [0.2, 0.25) is 0 Å². The van der Waals surface area contributed by atoms with Crippen molar-refractivity contribution in [2.45, 2.75) is 45.8 Å². The van der Waals surface area contributed by atoms with Crippen LogP contribution in [0.2, 0.25) is 0 Å². The summed E-state index contributed by atoms with van der Waals surface area (Å²) in [5.74, 6) is -0.152. The van der Waals surface area contributed by atoms with Crippen molar-refractivity contribution in [3.8, 4) is 0 Å². The van der Waals surface area contributed by atoms with E-state index in [4.69, 9.17) is 21.7 Å². The van der Waals surface area contributed by atoms with Gasteiger partial charge >= 0.3 is 6.09 Å². The highest BCUT2D eigenvalue weighted by atomic mass is 32.1. The molecule has 1 heterocycles. The number of carbonyl (C=O) groups excluding carboxylic acids is 2. The molecule has 1 rings (SSSR count). The average molecular weight is 287 g/mol. The molecule has 1 saturated heterocycles. The fourth-order valence-electron chi connectivity index (χ4n) is 2.01. The fraction of sp³-hybridized carbons (Fsp3) is 0.769. The smallest absolute Gasteiger partial charge is 0.410 e. The SMILES string of the molecule is COC(=S)[C@H]1CC(C(C)=O)CN1C(=O)OC(C)(C)C. The van der Waals surface area contributed by atoms with Crippen LogP contribution in [0.5, 0.6) is 0 Å². The second-order valence-electron chi connectivity index (χ2n) is 5.71. The van der Waals surface area contributed by atoms with Gasteiger partial charge in [-0.2, -0.15) is 0 Å². The zero-order chi connectivity index (χ0) is 14.8. The summed E-state index contributed by atoms with van der Waals surface area (Å²) < 4.78 is 10.4. The van der Waals surface area contributed by atoms with Gasteiger partial charge in [0.25, 0.3) is 0 Å². The lowest BCUT2D eigenvalue weighted by molar-refractivity contribution is -0.120. The van der Waals surface area contributed by atoms with Crippen LogP contribution in [0.3, 0.4) is 0 Å². The molecule has 6 heteroatoms. The Labute approximate surface area is 119 Å². The van der Waals surface area contributed by atoms with Crippen LogP contribution < -0.4 is 0 Å². The molecule has 0 aromatic rings. The number of hydrogen-bond acceptors (Lipinski definition) is 5. The van der Waals surface area contributed by atoms with E-state index in [0.29, 0.717) is 18.0 Å². The Morgan fingerprint density at radius 2 is 1.89 bits per heavy atom. The van der Waals surface area contributed by atoms with Crippen molar-refractivity contribution in [3.63, 3.8) is 0 Å². The highest BCUT2D eigenvalue weighted by Crippen LogP contribution is 2.27. The van der Waals surface area contributed by atoms with Crippen LogP contribution in [0, 0.1) is 5.92 Å². The van der Waals surface area contributed by atoms with Crippen molar-refractivity contribution in [2.24, 2.45) is 5.92 Å². The topological polar surface area (TPSA) is 55.8 Å². The Balaban J connectivity index is 2.85. The van der Waals surface area contributed by atoms with E-state index in [1.165, 1.54) is 18.9 Å². The minimum Gasteiger partial charge on any atom is -0.488 e. The molecule has 0 N–H and O–H groups in total. The molecule has 2 atom stereocenters. The molecule has 1 aliphatic rings. The van der Waals surface area contributed by atoms with Crippen LogP contribution in [-0.2, 0) is 14.3 Å². The lowest BCUT2D eigenvalue weighted by Gasteiger charge is -2.28. The number of carbonyl (C=O) groups is 2. The van der Waals surface area contributed by atoms with E-state index in [9.17, 15) is 9.59 Å². The van der Waals surface area contributed by atoms with Crippen molar-refractivity contribution in [2.75, 3.05) is 13.7 Å². The van der Waals surface area contributed by atoms with E-state index >= 15 is 0 Å². The van der Waals surface area contributed by atoms with Crippen molar-refractivity contribution in [1.82, 2.24) is 4.90 Å². The van der Waals surface area contributed by atoms with Gasteiger partial charge in [0, 0.05) is 12.5 Å². The molecular formula is C13H21NO4S. The summed E-state index contributed by atoms with van der Waals surface area (Å²) >= 11 is 5.11. The molecule has 1 aliphatic heterocycles. The van der Waals surface area contributed by atoms with Crippen LogP contribution >= 0.6 is 12.2 Å². The standard InChI is InChI=1S/C13H21NO4S/c1-8(15)9-6-10(11(19)17-5)14(7-9)12(16)18-13(2,3)4/h9-10H,6-7H2,1-5H3/t9?,10-/m1/s1. The third-order valence-corrected chi connectivity index (χ3v) is 3.42. The first kappa shape index (κ1) is 15.9. The first-order chi connectivity index (χ1) is 8.65. The van der Waals surface area contributed by atoms with Crippen LogP contribution in [0.1, 0.15) is 34.1 Å². The Hall–Kier alpha value is -1.17. The molecule has 19 heavy (non-hydrogen) atoms. The van der Waals surface area contributed by atoms with Crippen molar-refractivity contribution < 1.29 is 19.1 Å². The molecule has 0 aromatic carbocycles. The number of amides is 1. The van der Waals surface area contributed by atoms with Gasteiger partial charge in [-0.25, -0.2) is 4.79 Å². The number of methoxy groups -OCH3 is 1.